The van der Waals surface area contributed by atoms with Gasteiger partial charge in [0.1, 0.15) is 13.2 Å². The predicted octanol–water partition coefficient (Wildman–Crippen LogP) is 4.03. The number of carbonyl (C=O) groups is 1. The van der Waals surface area contributed by atoms with Gasteiger partial charge in [-0.3, -0.25) is 4.79 Å². The number of rotatable bonds is 4. The molecule has 4 nitrogen and oxygen atoms in total. The maximum absolute atomic E-state index is 12.2. The molecular weight excluding hydrogens is 327 g/mol. The minimum Gasteiger partial charge on any atom is -0.486 e. The summed E-state index contributed by atoms with van der Waals surface area (Å²) in [6.45, 7) is 0.813. The van der Waals surface area contributed by atoms with Gasteiger partial charge in [0.15, 0.2) is 29.6 Å². The van der Waals surface area contributed by atoms with Crippen LogP contribution >= 0.6 is 23.2 Å². The monoisotopic (exact) mass is 338 g/mol. The second kappa shape index (κ2) is 6.46. The molecule has 0 fully saturated rings. The summed E-state index contributed by atoms with van der Waals surface area (Å²) in [6, 6.07) is 10.0. The lowest BCUT2D eigenvalue weighted by molar-refractivity contribution is 0.0920. The Bertz CT molecular complexity index is 695. The minimum absolute atomic E-state index is 0.164. The second-order valence-corrected chi connectivity index (χ2v) is 5.44. The van der Waals surface area contributed by atoms with Crippen molar-refractivity contribution < 1.29 is 19.0 Å². The van der Waals surface area contributed by atoms with Crippen molar-refractivity contribution >= 4 is 29.0 Å². The van der Waals surface area contributed by atoms with E-state index in [0.29, 0.717) is 46.1 Å². The summed E-state index contributed by atoms with van der Waals surface area (Å²) < 4.78 is 16.3. The van der Waals surface area contributed by atoms with Crippen LogP contribution in [0.25, 0.3) is 0 Å². The maximum Gasteiger partial charge on any atom is 0.200 e. The molecule has 0 saturated carbocycles. The van der Waals surface area contributed by atoms with Gasteiger partial charge in [0.05, 0.1) is 10.0 Å². The van der Waals surface area contributed by atoms with Crippen LogP contribution in [0.5, 0.6) is 17.2 Å². The van der Waals surface area contributed by atoms with E-state index in [-0.39, 0.29) is 12.4 Å². The Balaban J connectivity index is 1.72. The average Bonchev–Trinajstić information content (AvgIpc) is 2.53. The lowest BCUT2D eigenvalue weighted by atomic mass is 10.1. The normalized spacial score (nSPS) is 12.8. The third-order valence-electron chi connectivity index (χ3n) is 3.13. The number of carbonyl (C=O) groups excluding carboxylic acids is 1. The van der Waals surface area contributed by atoms with Gasteiger partial charge in [-0.15, -0.1) is 0 Å². The minimum atomic E-state index is -0.201. The number of fused-ring (bicyclic) bond motifs is 1. The number of hydrogen-bond donors (Lipinski definition) is 0. The van der Waals surface area contributed by atoms with Gasteiger partial charge in [0.2, 0.25) is 0 Å². The molecule has 0 unspecified atom stereocenters. The topological polar surface area (TPSA) is 44.8 Å². The molecule has 22 heavy (non-hydrogen) atoms. The van der Waals surface area contributed by atoms with Gasteiger partial charge < -0.3 is 14.2 Å². The van der Waals surface area contributed by atoms with Crippen molar-refractivity contribution in [2.75, 3.05) is 19.8 Å². The first-order valence-corrected chi connectivity index (χ1v) is 7.40. The van der Waals surface area contributed by atoms with E-state index in [1.807, 2.05) is 0 Å². The molecule has 0 saturated heterocycles. The van der Waals surface area contributed by atoms with E-state index in [1.165, 1.54) is 0 Å². The number of halogens is 2. The molecule has 114 valence electrons. The summed E-state index contributed by atoms with van der Waals surface area (Å²) in [6.07, 6.45) is 0. The summed E-state index contributed by atoms with van der Waals surface area (Å²) in [5.74, 6) is 1.30. The van der Waals surface area contributed by atoms with Gasteiger partial charge in [0.25, 0.3) is 0 Å². The zero-order chi connectivity index (χ0) is 15.5. The number of para-hydroxylation sites is 1. The third kappa shape index (κ3) is 3.13. The van der Waals surface area contributed by atoms with Crippen LogP contribution in [-0.4, -0.2) is 25.6 Å². The number of ether oxygens (including phenoxy) is 3. The largest absolute Gasteiger partial charge is 0.486 e. The van der Waals surface area contributed by atoms with Crippen molar-refractivity contribution in [3.8, 4) is 17.2 Å². The van der Waals surface area contributed by atoms with E-state index in [9.17, 15) is 4.79 Å². The van der Waals surface area contributed by atoms with Gasteiger partial charge in [-0.1, -0.05) is 29.3 Å². The van der Waals surface area contributed by atoms with Crippen LogP contribution in [0.2, 0.25) is 10.0 Å². The van der Waals surface area contributed by atoms with Crippen LogP contribution in [0.3, 0.4) is 0 Å². The Morgan fingerprint density at radius 1 is 1.05 bits per heavy atom. The predicted molar refractivity (Wildman–Crippen MR) is 83.7 cm³/mol. The molecule has 1 heterocycles. The van der Waals surface area contributed by atoms with Crippen molar-refractivity contribution in [2.45, 2.75) is 0 Å². The molecule has 1 aliphatic rings. The van der Waals surface area contributed by atoms with E-state index in [4.69, 9.17) is 37.4 Å². The van der Waals surface area contributed by atoms with Crippen LogP contribution in [-0.2, 0) is 0 Å². The number of hydrogen-bond acceptors (Lipinski definition) is 4. The highest BCUT2D eigenvalue weighted by atomic mass is 35.5. The molecule has 0 spiro atoms. The molecule has 0 bridgehead atoms. The molecule has 0 atom stereocenters. The van der Waals surface area contributed by atoms with Crippen LogP contribution in [0.1, 0.15) is 10.4 Å². The molecular formula is C16H12Cl2O4. The fourth-order valence-electron chi connectivity index (χ4n) is 2.06. The Morgan fingerprint density at radius 2 is 1.73 bits per heavy atom. The smallest absolute Gasteiger partial charge is 0.200 e. The van der Waals surface area contributed by atoms with Gasteiger partial charge in [0, 0.05) is 5.56 Å². The summed E-state index contributed by atoms with van der Waals surface area (Å²) in [5, 5.41) is 0.727. The van der Waals surface area contributed by atoms with Gasteiger partial charge in [-0.25, -0.2) is 0 Å². The van der Waals surface area contributed by atoms with E-state index < -0.39 is 0 Å². The highest BCUT2D eigenvalue weighted by Crippen LogP contribution is 2.33. The Kier molecular flexibility index (Phi) is 4.41. The van der Waals surface area contributed by atoms with E-state index in [1.54, 1.807) is 36.4 Å². The highest BCUT2D eigenvalue weighted by molar-refractivity contribution is 6.37. The fraction of sp³-hybridized carbons (Fsp3) is 0.188. The van der Waals surface area contributed by atoms with Crippen LogP contribution in [0.15, 0.2) is 36.4 Å². The van der Waals surface area contributed by atoms with Crippen molar-refractivity contribution in [1.82, 2.24) is 0 Å². The average molecular weight is 339 g/mol. The van der Waals surface area contributed by atoms with Crippen LogP contribution < -0.4 is 14.2 Å². The summed E-state index contributed by atoms with van der Waals surface area (Å²) in [5.41, 5.74) is 0.479. The van der Waals surface area contributed by atoms with E-state index >= 15 is 0 Å². The quantitative estimate of drug-likeness (QED) is 0.789. The van der Waals surface area contributed by atoms with E-state index in [0.717, 1.165) is 0 Å². The summed E-state index contributed by atoms with van der Waals surface area (Å²) in [4.78, 5) is 12.2. The number of Topliss-reactive ketones (excluding diaryl/α,β-unsaturated/α-hetero) is 1. The van der Waals surface area contributed by atoms with Crippen LogP contribution in [0, 0.1) is 0 Å². The summed E-state index contributed by atoms with van der Waals surface area (Å²) in [7, 11) is 0. The molecule has 0 radical (unpaired) electrons. The Labute approximate surface area is 137 Å². The molecule has 1 aliphatic heterocycles. The SMILES string of the molecule is O=C(COc1c(Cl)cccc1Cl)c1ccc2c(c1)OCCO2. The fourth-order valence-corrected chi connectivity index (χ4v) is 2.56. The standard InChI is InChI=1S/C16H12Cl2O4/c17-11-2-1-3-12(18)16(11)22-9-13(19)10-4-5-14-15(8-10)21-7-6-20-14/h1-5,8H,6-7,9H2. The van der Waals surface area contributed by atoms with Crippen molar-refractivity contribution in [2.24, 2.45) is 0 Å². The maximum atomic E-state index is 12.2. The second-order valence-electron chi connectivity index (χ2n) is 4.62. The highest BCUT2D eigenvalue weighted by Gasteiger charge is 2.16. The third-order valence-corrected chi connectivity index (χ3v) is 3.73. The first-order chi connectivity index (χ1) is 10.6. The molecule has 0 aromatic heterocycles. The van der Waals surface area contributed by atoms with Crippen molar-refractivity contribution in [3.05, 3.63) is 52.0 Å². The first-order valence-electron chi connectivity index (χ1n) is 6.65. The molecule has 0 amide bonds. The van der Waals surface area contributed by atoms with E-state index in [2.05, 4.69) is 0 Å². The summed E-state index contributed by atoms with van der Waals surface area (Å²) >= 11 is 12.0. The molecule has 3 rings (SSSR count). The Hall–Kier alpha value is -1.91. The van der Waals surface area contributed by atoms with Crippen LogP contribution in [0.4, 0.5) is 0 Å². The number of ketones is 1. The van der Waals surface area contributed by atoms with Gasteiger partial charge in [-0.2, -0.15) is 0 Å². The van der Waals surface area contributed by atoms with Crippen molar-refractivity contribution in [1.29, 1.82) is 0 Å². The van der Waals surface area contributed by atoms with Gasteiger partial charge >= 0.3 is 0 Å². The lowest BCUT2D eigenvalue weighted by Gasteiger charge is -2.18. The van der Waals surface area contributed by atoms with Gasteiger partial charge in [-0.05, 0) is 30.3 Å². The Morgan fingerprint density at radius 3 is 2.45 bits per heavy atom. The lowest BCUT2D eigenvalue weighted by Crippen LogP contribution is -2.17. The zero-order valence-electron chi connectivity index (χ0n) is 11.5. The van der Waals surface area contributed by atoms with Crippen molar-refractivity contribution in [3.63, 3.8) is 0 Å². The molecule has 2 aromatic rings. The first kappa shape index (κ1) is 15.0. The molecule has 0 aliphatic carbocycles. The zero-order valence-corrected chi connectivity index (χ0v) is 13.0. The molecule has 2 aromatic carbocycles. The molecule has 0 N–H and O–H groups in total. The molecule has 6 heteroatoms. The number of benzene rings is 2.